The van der Waals surface area contributed by atoms with Crippen molar-refractivity contribution >= 4 is 6.03 Å². The molecule has 0 aromatic rings. The number of carbonyl (C=O) groups excluding carboxylic acids is 1. The SMILES string of the molecule is CC1CCN(C(=O)N(C)CC2CCCN2)CC1. The number of urea groups is 1. The summed E-state index contributed by atoms with van der Waals surface area (Å²) < 4.78 is 0. The van der Waals surface area contributed by atoms with Crippen molar-refractivity contribution in [2.45, 2.75) is 38.6 Å². The lowest BCUT2D eigenvalue weighted by Gasteiger charge is -2.34. The van der Waals surface area contributed by atoms with Gasteiger partial charge in [-0.25, -0.2) is 4.79 Å². The maximum absolute atomic E-state index is 12.2. The van der Waals surface area contributed by atoms with Gasteiger partial charge in [0.1, 0.15) is 0 Å². The summed E-state index contributed by atoms with van der Waals surface area (Å²) >= 11 is 0. The fourth-order valence-corrected chi connectivity index (χ4v) is 2.76. The Bertz CT molecular complexity index is 255. The van der Waals surface area contributed by atoms with Gasteiger partial charge in [0.15, 0.2) is 0 Å². The number of nitrogens with one attached hydrogen (secondary N) is 1. The van der Waals surface area contributed by atoms with Crippen molar-refractivity contribution in [3.05, 3.63) is 0 Å². The van der Waals surface area contributed by atoms with Crippen molar-refractivity contribution in [2.24, 2.45) is 5.92 Å². The van der Waals surface area contributed by atoms with Gasteiger partial charge < -0.3 is 15.1 Å². The molecule has 2 rings (SSSR count). The highest BCUT2D eigenvalue weighted by Crippen LogP contribution is 2.17. The minimum Gasteiger partial charge on any atom is -0.326 e. The highest BCUT2D eigenvalue weighted by Gasteiger charge is 2.25. The number of hydrogen-bond donors (Lipinski definition) is 1. The molecule has 4 heteroatoms. The lowest BCUT2D eigenvalue weighted by Crippen LogP contribution is -2.48. The van der Waals surface area contributed by atoms with Gasteiger partial charge in [-0.2, -0.15) is 0 Å². The van der Waals surface area contributed by atoms with Crippen molar-refractivity contribution in [3.8, 4) is 0 Å². The van der Waals surface area contributed by atoms with Crippen LogP contribution >= 0.6 is 0 Å². The standard InChI is InChI=1S/C13H25N3O/c1-11-5-8-16(9-6-11)13(17)15(2)10-12-4-3-7-14-12/h11-12,14H,3-10H2,1-2H3. The van der Waals surface area contributed by atoms with Crippen LogP contribution in [0.15, 0.2) is 0 Å². The first-order chi connectivity index (χ1) is 8.16. The number of carbonyl (C=O) groups is 1. The Labute approximate surface area is 104 Å². The van der Waals surface area contributed by atoms with Gasteiger partial charge in [-0.15, -0.1) is 0 Å². The summed E-state index contributed by atoms with van der Waals surface area (Å²) in [5, 5.41) is 3.44. The molecule has 1 unspecified atom stereocenters. The van der Waals surface area contributed by atoms with Crippen molar-refractivity contribution in [1.29, 1.82) is 0 Å². The zero-order valence-corrected chi connectivity index (χ0v) is 11.1. The molecule has 2 fully saturated rings. The number of hydrogen-bond acceptors (Lipinski definition) is 2. The summed E-state index contributed by atoms with van der Waals surface area (Å²) in [6.07, 6.45) is 4.76. The van der Waals surface area contributed by atoms with Gasteiger partial charge in [-0.05, 0) is 38.1 Å². The zero-order chi connectivity index (χ0) is 12.3. The first-order valence-corrected chi connectivity index (χ1v) is 6.90. The first-order valence-electron chi connectivity index (χ1n) is 6.90. The molecule has 0 aliphatic carbocycles. The normalized spacial score (nSPS) is 26.2. The second kappa shape index (κ2) is 5.71. The molecule has 0 radical (unpaired) electrons. The van der Waals surface area contributed by atoms with Crippen LogP contribution in [0.2, 0.25) is 0 Å². The number of likely N-dealkylation sites (N-methyl/N-ethyl adjacent to an activating group) is 1. The van der Waals surface area contributed by atoms with Crippen molar-refractivity contribution in [3.63, 3.8) is 0 Å². The average Bonchev–Trinajstić information content (AvgIpc) is 2.82. The summed E-state index contributed by atoms with van der Waals surface area (Å²) in [5.41, 5.74) is 0. The second-order valence-electron chi connectivity index (χ2n) is 5.63. The van der Waals surface area contributed by atoms with E-state index in [-0.39, 0.29) is 6.03 Å². The molecule has 98 valence electrons. The van der Waals surface area contributed by atoms with E-state index in [0.717, 1.165) is 44.9 Å². The second-order valence-corrected chi connectivity index (χ2v) is 5.63. The summed E-state index contributed by atoms with van der Waals surface area (Å²) in [6.45, 7) is 6.09. The monoisotopic (exact) mass is 239 g/mol. The Balaban J connectivity index is 1.77. The zero-order valence-electron chi connectivity index (χ0n) is 11.1. The van der Waals surface area contributed by atoms with Crippen LogP contribution in [0.5, 0.6) is 0 Å². The molecule has 2 aliphatic heterocycles. The molecule has 0 aromatic heterocycles. The molecule has 2 amide bonds. The molecular formula is C13H25N3O. The minimum absolute atomic E-state index is 0.214. The van der Waals surface area contributed by atoms with Gasteiger partial charge in [-0.1, -0.05) is 6.92 Å². The van der Waals surface area contributed by atoms with E-state index < -0.39 is 0 Å². The number of piperidine rings is 1. The fourth-order valence-electron chi connectivity index (χ4n) is 2.76. The molecule has 2 heterocycles. The Kier molecular flexibility index (Phi) is 4.26. The van der Waals surface area contributed by atoms with Crippen molar-refractivity contribution in [1.82, 2.24) is 15.1 Å². The predicted molar refractivity (Wildman–Crippen MR) is 69.0 cm³/mol. The third-order valence-electron chi connectivity index (χ3n) is 4.04. The highest BCUT2D eigenvalue weighted by molar-refractivity contribution is 5.74. The highest BCUT2D eigenvalue weighted by atomic mass is 16.2. The van der Waals surface area contributed by atoms with E-state index in [1.807, 2.05) is 16.8 Å². The molecule has 2 aliphatic rings. The summed E-state index contributed by atoms with van der Waals surface area (Å²) in [4.78, 5) is 16.1. The molecule has 1 N–H and O–H groups in total. The van der Waals surface area contributed by atoms with Gasteiger partial charge in [-0.3, -0.25) is 0 Å². The fraction of sp³-hybridized carbons (Fsp3) is 0.923. The number of nitrogens with zero attached hydrogens (tertiary/aromatic N) is 2. The topological polar surface area (TPSA) is 35.6 Å². The summed E-state index contributed by atoms with van der Waals surface area (Å²) in [5.74, 6) is 0.779. The van der Waals surface area contributed by atoms with Gasteiger partial charge in [0.25, 0.3) is 0 Å². The van der Waals surface area contributed by atoms with Gasteiger partial charge in [0.05, 0.1) is 0 Å². The molecule has 0 saturated carbocycles. The quantitative estimate of drug-likeness (QED) is 0.793. The molecule has 2 saturated heterocycles. The lowest BCUT2D eigenvalue weighted by atomic mass is 9.99. The third kappa shape index (κ3) is 3.35. The molecule has 17 heavy (non-hydrogen) atoms. The van der Waals surface area contributed by atoms with E-state index in [4.69, 9.17) is 0 Å². The summed E-state index contributed by atoms with van der Waals surface area (Å²) in [7, 11) is 1.93. The van der Waals surface area contributed by atoms with Gasteiger partial charge >= 0.3 is 6.03 Å². The Morgan fingerprint density at radius 2 is 2.06 bits per heavy atom. The molecule has 0 spiro atoms. The Hall–Kier alpha value is -0.770. The van der Waals surface area contributed by atoms with Gasteiger partial charge in [0, 0.05) is 32.7 Å². The van der Waals surface area contributed by atoms with Crippen LogP contribution in [0.4, 0.5) is 4.79 Å². The van der Waals surface area contributed by atoms with Crippen molar-refractivity contribution < 1.29 is 4.79 Å². The van der Waals surface area contributed by atoms with E-state index in [9.17, 15) is 4.79 Å². The van der Waals surface area contributed by atoms with Crippen LogP contribution in [0.25, 0.3) is 0 Å². The van der Waals surface area contributed by atoms with Crippen molar-refractivity contribution in [2.75, 3.05) is 33.2 Å². The van der Waals surface area contributed by atoms with E-state index in [1.54, 1.807) is 0 Å². The van der Waals surface area contributed by atoms with Crippen LogP contribution in [0.3, 0.4) is 0 Å². The van der Waals surface area contributed by atoms with Crippen LogP contribution in [-0.2, 0) is 0 Å². The first kappa shape index (κ1) is 12.7. The summed E-state index contributed by atoms with van der Waals surface area (Å²) in [6, 6.07) is 0.721. The Morgan fingerprint density at radius 3 is 2.65 bits per heavy atom. The van der Waals surface area contributed by atoms with E-state index in [1.165, 1.54) is 12.8 Å². The number of likely N-dealkylation sites (tertiary alicyclic amines) is 1. The lowest BCUT2D eigenvalue weighted by molar-refractivity contribution is 0.140. The predicted octanol–water partition coefficient (Wildman–Crippen LogP) is 1.52. The van der Waals surface area contributed by atoms with Crippen LogP contribution in [-0.4, -0.2) is 55.1 Å². The van der Waals surface area contributed by atoms with E-state index in [2.05, 4.69) is 12.2 Å². The van der Waals surface area contributed by atoms with Crippen LogP contribution in [0, 0.1) is 5.92 Å². The molecule has 4 nitrogen and oxygen atoms in total. The van der Waals surface area contributed by atoms with E-state index >= 15 is 0 Å². The Morgan fingerprint density at radius 1 is 1.35 bits per heavy atom. The third-order valence-corrected chi connectivity index (χ3v) is 4.04. The molecule has 1 atom stereocenters. The molecule has 0 bridgehead atoms. The van der Waals surface area contributed by atoms with Crippen LogP contribution in [0.1, 0.15) is 32.6 Å². The molecular weight excluding hydrogens is 214 g/mol. The van der Waals surface area contributed by atoms with Crippen LogP contribution < -0.4 is 5.32 Å². The maximum atomic E-state index is 12.2. The minimum atomic E-state index is 0.214. The number of amides is 2. The smallest absolute Gasteiger partial charge is 0.319 e. The average molecular weight is 239 g/mol. The van der Waals surface area contributed by atoms with E-state index in [0.29, 0.717) is 6.04 Å². The molecule has 0 aromatic carbocycles. The largest absolute Gasteiger partial charge is 0.326 e. The van der Waals surface area contributed by atoms with Gasteiger partial charge in [0.2, 0.25) is 0 Å². The maximum Gasteiger partial charge on any atom is 0.319 e. The number of rotatable bonds is 2.